The molecule has 0 fully saturated rings. The molecular weight excluding hydrogens is 356 g/mol. The molecule has 3 aromatic heterocycles. The lowest BCUT2D eigenvalue weighted by Crippen LogP contribution is -2.31. The molecule has 4 aromatic rings. The predicted molar refractivity (Wildman–Crippen MR) is 120 cm³/mol. The SMILES string of the molecule is Cc1ccc2c(oc3nc(CC(C)(C)C)ccc32)c1-c1ccc(C(C)C)c[n+]1C. The summed E-state index contributed by atoms with van der Waals surface area (Å²) < 4.78 is 8.59. The van der Waals surface area contributed by atoms with Crippen LogP contribution in [0.25, 0.3) is 33.3 Å². The van der Waals surface area contributed by atoms with E-state index in [1.807, 2.05) is 0 Å². The van der Waals surface area contributed by atoms with Gasteiger partial charge >= 0.3 is 0 Å². The van der Waals surface area contributed by atoms with Crippen LogP contribution in [0, 0.1) is 12.3 Å². The largest absolute Gasteiger partial charge is 0.437 e. The third-order valence-corrected chi connectivity index (χ3v) is 5.56. The molecule has 0 aliphatic carbocycles. The van der Waals surface area contributed by atoms with Gasteiger partial charge in [0.05, 0.1) is 5.56 Å². The zero-order valence-electron chi connectivity index (χ0n) is 18.6. The van der Waals surface area contributed by atoms with Gasteiger partial charge in [0.15, 0.2) is 11.8 Å². The van der Waals surface area contributed by atoms with Crippen molar-refractivity contribution in [1.29, 1.82) is 0 Å². The van der Waals surface area contributed by atoms with Crippen molar-refractivity contribution in [3.63, 3.8) is 0 Å². The Morgan fingerprint density at radius 2 is 1.72 bits per heavy atom. The van der Waals surface area contributed by atoms with E-state index in [1.165, 1.54) is 11.1 Å². The Hall–Kier alpha value is -2.68. The highest BCUT2D eigenvalue weighted by Gasteiger charge is 2.22. The van der Waals surface area contributed by atoms with E-state index in [0.29, 0.717) is 5.92 Å². The van der Waals surface area contributed by atoms with Gasteiger partial charge in [0.25, 0.3) is 0 Å². The number of hydrogen-bond acceptors (Lipinski definition) is 2. The lowest BCUT2D eigenvalue weighted by atomic mass is 9.90. The maximum absolute atomic E-state index is 6.38. The van der Waals surface area contributed by atoms with E-state index in [0.717, 1.165) is 45.4 Å². The number of pyridine rings is 2. The van der Waals surface area contributed by atoms with E-state index in [-0.39, 0.29) is 5.41 Å². The standard InChI is InChI=1S/C26H31N2O/c1-16(2)18-9-13-22(28(7)15-18)23-17(3)8-11-20-21-12-10-19(14-26(4,5)6)27-25(21)29-24(20)23/h8-13,15-16H,14H2,1-7H3/q+1. The summed E-state index contributed by atoms with van der Waals surface area (Å²) in [6.45, 7) is 13.3. The molecular formula is C26H31N2O+. The highest BCUT2D eigenvalue weighted by atomic mass is 16.3. The Labute approximate surface area is 173 Å². The summed E-state index contributed by atoms with van der Waals surface area (Å²) in [7, 11) is 2.11. The maximum Gasteiger partial charge on any atom is 0.227 e. The van der Waals surface area contributed by atoms with Crippen LogP contribution in [0.3, 0.4) is 0 Å². The Morgan fingerprint density at radius 3 is 2.38 bits per heavy atom. The first-order chi connectivity index (χ1) is 13.6. The van der Waals surface area contributed by atoms with Crippen LogP contribution in [0.1, 0.15) is 57.4 Å². The van der Waals surface area contributed by atoms with Crippen LogP contribution in [-0.2, 0) is 13.5 Å². The van der Waals surface area contributed by atoms with Gasteiger partial charge in [-0.25, -0.2) is 9.55 Å². The second kappa shape index (κ2) is 6.98. The van der Waals surface area contributed by atoms with Gasteiger partial charge in [-0.2, -0.15) is 0 Å². The van der Waals surface area contributed by atoms with Crippen molar-refractivity contribution in [3.05, 3.63) is 59.4 Å². The zero-order chi connectivity index (χ0) is 20.9. The summed E-state index contributed by atoms with van der Waals surface area (Å²) in [4.78, 5) is 4.85. The summed E-state index contributed by atoms with van der Waals surface area (Å²) in [6, 6.07) is 13.1. The lowest BCUT2D eigenvalue weighted by Gasteiger charge is -2.16. The van der Waals surface area contributed by atoms with E-state index >= 15 is 0 Å². The number of fused-ring (bicyclic) bond motifs is 3. The van der Waals surface area contributed by atoms with E-state index in [1.54, 1.807) is 0 Å². The first kappa shape index (κ1) is 19.6. The molecule has 0 N–H and O–H groups in total. The van der Waals surface area contributed by atoms with Gasteiger partial charge in [0.2, 0.25) is 11.4 Å². The molecule has 3 heterocycles. The molecule has 0 spiro atoms. The predicted octanol–water partition coefficient (Wildman–Crippen LogP) is 6.49. The molecule has 0 atom stereocenters. The summed E-state index contributed by atoms with van der Waals surface area (Å²) in [5.74, 6) is 0.503. The number of benzene rings is 1. The van der Waals surface area contributed by atoms with Crippen LogP contribution >= 0.6 is 0 Å². The Bertz CT molecular complexity index is 1210. The molecule has 3 nitrogen and oxygen atoms in total. The number of hydrogen-bond donors (Lipinski definition) is 0. The zero-order valence-corrected chi connectivity index (χ0v) is 18.6. The van der Waals surface area contributed by atoms with Crippen molar-refractivity contribution in [2.24, 2.45) is 12.5 Å². The normalized spacial score (nSPS) is 12.4. The number of rotatable bonds is 3. The summed E-state index contributed by atoms with van der Waals surface area (Å²) >= 11 is 0. The molecule has 29 heavy (non-hydrogen) atoms. The molecule has 0 aliphatic rings. The van der Waals surface area contributed by atoms with Gasteiger partial charge in [0, 0.05) is 28.1 Å². The topological polar surface area (TPSA) is 29.9 Å². The van der Waals surface area contributed by atoms with Crippen molar-refractivity contribution in [2.45, 2.75) is 53.9 Å². The van der Waals surface area contributed by atoms with Crippen LogP contribution in [-0.4, -0.2) is 4.98 Å². The average Bonchev–Trinajstić information content (AvgIpc) is 2.98. The third kappa shape index (κ3) is 3.66. The second-order valence-corrected chi connectivity index (χ2v) is 9.74. The Kier molecular flexibility index (Phi) is 4.72. The van der Waals surface area contributed by atoms with E-state index < -0.39 is 0 Å². The first-order valence-electron chi connectivity index (χ1n) is 10.5. The van der Waals surface area contributed by atoms with Crippen LogP contribution in [0.15, 0.2) is 47.0 Å². The highest BCUT2D eigenvalue weighted by Crippen LogP contribution is 2.36. The van der Waals surface area contributed by atoms with Crippen molar-refractivity contribution in [1.82, 2.24) is 4.98 Å². The fourth-order valence-corrected chi connectivity index (χ4v) is 4.05. The molecule has 0 saturated carbocycles. The van der Waals surface area contributed by atoms with Crippen molar-refractivity contribution in [2.75, 3.05) is 0 Å². The minimum atomic E-state index is 0.195. The molecule has 0 radical (unpaired) electrons. The van der Waals surface area contributed by atoms with E-state index in [4.69, 9.17) is 9.40 Å². The average molecular weight is 388 g/mol. The monoisotopic (exact) mass is 387 g/mol. The summed E-state index contributed by atoms with van der Waals surface area (Å²) in [5.41, 5.74) is 7.78. The fourth-order valence-electron chi connectivity index (χ4n) is 4.05. The molecule has 0 amide bonds. The molecule has 4 rings (SSSR count). The quantitative estimate of drug-likeness (QED) is 0.376. The van der Waals surface area contributed by atoms with Crippen molar-refractivity contribution >= 4 is 22.1 Å². The van der Waals surface area contributed by atoms with E-state index in [2.05, 4.69) is 95.8 Å². The molecule has 0 saturated heterocycles. The van der Waals surface area contributed by atoms with Crippen LogP contribution in [0.2, 0.25) is 0 Å². The van der Waals surface area contributed by atoms with Gasteiger partial charge in [-0.05, 0) is 48.4 Å². The van der Waals surface area contributed by atoms with Crippen LogP contribution in [0.5, 0.6) is 0 Å². The maximum atomic E-state index is 6.38. The highest BCUT2D eigenvalue weighted by molar-refractivity contribution is 6.08. The van der Waals surface area contributed by atoms with Gasteiger partial charge in [0.1, 0.15) is 7.05 Å². The molecule has 150 valence electrons. The summed E-state index contributed by atoms with van der Waals surface area (Å²) in [6.07, 6.45) is 3.15. The smallest absolute Gasteiger partial charge is 0.227 e. The molecule has 1 aromatic carbocycles. The fraction of sp³-hybridized carbons (Fsp3) is 0.385. The van der Waals surface area contributed by atoms with Gasteiger partial charge in [-0.1, -0.05) is 46.8 Å². The number of aryl methyl sites for hydroxylation is 2. The van der Waals surface area contributed by atoms with Crippen LogP contribution in [0.4, 0.5) is 0 Å². The van der Waals surface area contributed by atoms with Crippen LogP contribution < -0.4 is 4.57 Å². The van der Waals surface area contributed by atoms with Crippen molar-refractivity contribution in [3.8, 4) is 11.3 Å². The lowest BCUT2D eigenvalue weighted by molar-refractivity contribution is -0.660. The van der Waals surface area contributed by atoms with Gasteiger partial charge < -0.3 is 4.42 Å². The number of furan rings is 1. The molecule has 3 heteroatoms. The van der Waals surface area contributed by atoms with Crippen molar-refractivity contribution < 1.29 is 8.98 Å². The number of aromatic nitrogens is 2. The second-order valence-electron chi connectivity index (χ2n) is 9.74. The number of nitrogens with zero attached hydrogens (tertiary/aromatic N) is 2. The summed E-state index contributed by atoms with van der Waals surface area (Å²) in [5, 5.41) is 2.21. The molecule has 0 aliphatic heterocycles. The molecule has 0 unspecified atom stereocenters. The molecule has 0 bridgehead atoms. The third-order valence-electron chi connectivity index (χ3n) is 5.56. The van der Waals surface area contributed by atoms with Gasteiger partial charge in [-0.3, -0.25) is 0 Å². The van der Waals surface area contributed by atoms with Gasteiger partial charge in [-0.15, -0.1) is 0 Å². The van der Waals surface area contributed by atoms with E-state index in [9.17, 15) is 0 Å². The minimum Gasteiger partial charge on any atom is -0.437 e. The minimum absolute atomic E-state index is 0.195. The Morgan fingerprint density at radius 1 is 1.00 bits per heavy atom. The Balaban J connectivity index is 1.93. The first-order valence-corrected chi connectivity index (χ1v) is 10.5.